The maximum atomic E-state index is 13.1. The molecule has 3 aliphatic carbocycles. The third-order valence-corrected chi connectivity index (χ3v) is 6.05. The Hall–Kier alpha value is -1.17. The van der Waals surface area contributed by atoms with Crippen molar-refractivity contribution in [2.75, 3.05) is 20.8 Å². The molecule has 5 rings (SSSR count). The molecule has 22 heavy (non-hydrogen) atoms. The van der Waals surface area contributed by atoms with Crippen molar-refractivity contribution in [3.63, 3.8) is 0 Å². The zero-order chi connectivity index (χ0) is 15.5. The van der Waals surface area contributed by atoms with Gasteiger partial charge in [-0.1, -0.05) is 28.1 Å². The number of benzene rings is 1. The predicted molar refractivity (Wildman–Crippen MR) is 84.3 cm³/mol. The molecule has 1 aliphatic heterocycles. The van der Waals surface area contributed by atoms with E-state index in [1.807, 2.05) is 30.3 Å². The van der Waals surface area contributed by atoms with E-state index in [4.69, 9.17) is 14.2 Å². The Labute approximate surface area is 137 Å². The molecular formula is C17H17BrO4. The van der Waals surface area contributed by atoms with Crippen LogP contribution in [-0.4, -0.2) is 37.8 Å². The van der Waals surface area contributed by atoms with Crippen molar-refractivity contribution in [1.82, 2.24) is 0 Å². The molecule has 4 aliphatic rings. The predicted octanol–water partition coefficient (Wildman–Crippen LogP) is 2.81. The van der Waals surface area contributed by atoms with E-state index in [1.165, 1.54) is 0 Å². The van der Waals surface area contributed by atoms with Crippen molar-refractivity contribution in [3.05, 3.63) is 40.4 Å². The van der Waals surface area contributed by atoms with Crippen molar-refractivity contribution in [2.24, 2.45) is 5.92 Å². The highest BCUT2D eigenvalue weighted by Crippen LogP contribution is 2.61. The summed E-state index contributed by atoms with van der Waals surface area (Å²) >= 11 is 3.62. The molecule has 0 N–H and O–H groups in total. The molecule has 1 aromatic rings. The Morgan fingerprint density at radius 1 is 1.32 bits per heavy atom. The first-order valence-electron chi connectivity index (χ1n) is 7.33. The lowest BCUT2D eigenvalue weighted by molar-refractivity contribution is -0.153. The molecule has 4 nitrogen and oxygen atoms in total. The number of ether oxygens (including phenoxy) is 3. The van der Waals surface area contributed by atoms with Crippen LogP contribution in [-0.2, 0) is 14.3 Å². The number of Topliss-reactive ketones (excluding diaryl/α,β-unsaturated/α-hetero) is 1. The number of rotatable bonds is 3. The van der Waals surface area contributed by atoms with Crippen LogP contribution < -0.4 is 4.74 Å². The van der Waals surface area contributed by atoms with Gasteiger partial charge in [-0.15, -0.1) is 0 Å². The minimum Gasteiger partial charge on any atom is -0.497 e. The van der Waals surface area contributed by atoms with Crippen LogP contribution in [0.5, 0.6) is 5.75 Å². The van der Waals surface area contributed by atoms with Gasteiger partial charge in [0.2, 0.25) is 5.78 Å². The summed E-state index contributed by atoms with van der Waals surface area (Å²) in [6.45, 7) is 0.495. The van der Waals surface area contributed by atoms with Gasteiger partial charge in [0.1, 0.15) is 5.75 Å². The van der Waals surface area contributed by atoms with Gasteiger partial charge in [0.25, 0.3) is 0 Å². The summed E-state index contributed by atoms with van der Waals surface area (Å²) in [5, 5.41) is 0. The highest BCUT2D eigenvalue weighted by Gasteiger charge is 2.72. The fourth-order valence-corrected chi connectivity index (χ4v) is 4.90. The maximum absolute atomic E-state index is 13.1. The van der Waals surface area contributed by atoms with Gasteiger partial charge in [-0.3, -0.25) is 4.79 Å². The molecule has 1 saturated carbocycles. The average Bonchev–Trinajstić information content (AvgIpc) is 3.33. The third-order valence-electron chi connectivity index (χ3n) is 5.27. The maximum Gasteiger partial charge on any atom is 0.203 e. The SMILES string of the molecule is COc1cccc(C2CC3C(Br)=CC2(OC)C(=O)[C@]32CO2)c1. The van der Waals surface area contributed by atoms with Gasteiger partial charge in [-0.25, -0.2) is 0 Å². The van der Waals surface area contributed by atoms with Gasteiger partial charge >= 0.3 is 0 Å². The second-order valence-corrected chi connectivity index (χ2v) is 7.07. The number of hydrogen-bond donors (Lipinski definition) is 0. The smallest absolute Gasteiger partial charge is 0.203 e. The van der Waals surface area contributed by atoms with Crippen LogP contribution in [0.15, 0.2) is 34.8 Å². The molecule has 5 heteroatoms. The van der Waals surface area contributed by atoms with E-state index in [-0.39, 0.29) is 17.6 Å². The van der Waals surface area contributed by atoms with Crippen LogP contribution in [0, 0.1) is 5.92 Å². The standard InChI is InChI=1S/C17H17BrO4/c1-20-11-5-3-4-10(6-11)12-7-13-14(18)8-16(12,21-2)15(19)17(13)9-22-17/h3-6,8,12-13H,7,9H2,1-2H3/t12?,13?,16?,17-/m0/s1. The van der Waals surface area contributed by atoms with Crippen LogP contribution in [0.1, 0.15) is 17.9 Å². The fourth-order valence-electron chi connectivity index (χ4n) is 4.00. The zero-order valence-corrected chi connectivity index (χ0v) is 14.1. The molecule has 2 fully saturated rings. The first-order valence-corrected chi connectivity index (χ1v) is 8.13. The Balaban J connectivity index is 1.84. The first-order chi connectivity index (χ1) is 10.6. The quantitative estimate of drug-likeness (QED) is 0.773. The van der Waals surface area contributed by atoms with Crippen LogP contribution in [0.3, 0.4) is 0 Å². The van der Waals surface area contributed by atoms with Crippen LogP contribution in [0.25, 0.3) is 0 Å². The van der Waals surface area contributed by atoms with Crippen LogP contribution in [0.4, 0.5) is 0 Å². The van der Waals surface area contributed by atoms with Gasteiger partial charge in [-0.2, -0.15) is 0 Å². The van der Waals surface area contributed by atoms with E-state index in [0.717, 1.165) is 22.2 Å². The van der Waals surface area contributed by atoms with E-state index in [9.17, 15) is 4.79 Å². The van der Waals surface area contributed by atoms with Crippen molar-refractivity contribution >= 4 is 21.7 Å². The summed E-state index contributed by atoms with van der Waals surface area (Å²) in [4.78, 5) is 13.1. The fraction of sp³-hybridized carbons (Fsp3) is 0.471. The number of fused-ring (bicyclic) bond motifs is 1. The van der Waals surface area contributed by atoms with Gasteiger partial charge in [0, 0.05) is 23.4 Å². The zero-order valence-electron chi connectivity index (χ0n) is 12.5. The molecule has 0 amide bonds. The summed E-state index contributed by atoms with van der Waals surface area (Å²) in [5.74, 6) is 0.891. The lowest BCUT2D eigenvalue weighted by Gasteiger charge is -2.50. The number of carbonyl (C=O) groups is 1. The Morgan fingerprint density at radius 3 is 2.73 bits per heavy atom. The second kappa shape index (κ2) is 4.66. The Bertz CT molecular complexity index is 679. The summed E-state index contributed by atoms with van der Waals surface area (Å²) in [5.41, 5.74) is -0.568. The lowest BCUT2D eigenvalue weighted by Crippen LogP contribution is -2.61. The van der Waals surface area contributed by atoms with Crippen LogP contribution in [0.2, 0.25) is 0 Å². The average molecular weight is 365 g/mol. The topological polar surface area (TPSA) is 48.1 Å². The van der Waals surface area contributed by atoms with E-state index >= 15 is 0 Å². The van der Waals surface area contributed by atoms with E-state index in [2.05, 4.69) is 15.9 Å². The highest BCUT2D eigenvalue weighted by molar-refractivity contribution is 9.11. The first kappa shape index (κ1) is 14.4. The van der Waals surface area contributed by atoms with Crippen molar-refractivity contribution < 1.29 is 19.0 Å². The molecule has 116 valence electrons. The van der Waals surface area contributed by atoms with E-state index in [0.29, 0.717) is 6.61 Å². The molecular weight excluding hydrogens is 348 g/mol. The summed E-state index contributed by atoms with van der Waals surface area (Å²) in [6.07, 6.45) is 2.75. The van der Waals surface area contributed by atoms with Crippen molar-refractivity contribution in [2.45, 2.75) is 23.5 Å². The monoisotopic (exact) mass is 364 g/mol. The summed E-state index contributed by atoms with van der Waals surface area (Å²) in [7, 11) is 3.25. The summed E-state index contributed by atoms with van der Waals surface area (Å²) in [6, 6.07) is 7.88. The summed E-state index contributed by atoms with van der Waals surface area (Å²) < 4.78 is 17.7. The van der Waals surface area contributed by atoms with Gasteiger partial charge in [0.15, 0.2) is 11.2 Å². The minimum absolute atomic E-state index is 0.0266. The Morgan fingerprint density at radius 2 is 2.09 bits per heavy atom. The molecule has 4 atom stereocenters. The lowest BCUT2D eigenvalue weighted by atomic mass is 9.58. The molecule has 1 spiro atoms. The molecule has 1 aromatic carbocycles. The number of methoxy groups -OCH3 is 2. The number of halogens is 1. The van der Waals surface area contributed by atoms with Crippen molar-refractivity contribution in [3.8, 4) is 5.75 Å². The molecule has 2 bridgehead atoms. The van der Waals surface area contributed by atoms with Gasteiger partial charge in [-0.05, 0) is 30.2 Å². The molecule has 0 radical (unpaired) electrons. The number of ketones is 1. The van der Waals surface area contributed by atoms with E-state index in [1.54, 1.807) is 14.2 Å². The molecule has 0 aromatic heterocycles. The van der Waals surface area contributed by atoms with E-state index < -0.39 is 11.2 Å². The molecule has 1 heterocycles. The second-order valence-electron chi connectivity index (χ2n) is 6.15. The van der Waals surface area contributed by atoms with Gasteiger partial charge in [0.05, 0.1) is 13.7 Å². The molecule has 1 saturated heterocycles. The normalized spacial score (nSPS) is 39.0. The molecule has 3 unspecified atom stereocenters. The largest absolute Gasteiger partial charge is 0.497 e. The third kappa shape index (κ3) is 1.67. The Kier molecular flexibility index (Phi) is 3.06. The number of epoxide rings is 1. The van der Waals surface area contributed by atoms with Crippen molar-refractivity contribution in [1.29, 1.82) is 0 Å². The minimum atomic E-state index is -0.962. The number of carbonyl (C=O) groups excluding carboxylic acids is 1. The van der Waals surface area contributed by atoms with Gasteiger partial charge < -0.3 is 14.2 Å². The van der Waals surface area contributed by atoms with Crippen LogP contribution >= 0.6 is 15.9 Å². The highest BCUT2D eigenvalue weighted by atomic mass is 79.9. The number of hydrogen-bond acceptors (Lipinski definition) is 4.